The van der Waals surface area contributed by atoms with Crippen LogP contribution >= 0.6 is 0 Å². The average Bonchev–Trinajstić information content (AvgIpc) is 2.79. The van der Waals surface area contributed by atoms with Gasteiger partial charge in [0.2, 0.25) is 5.91 Å². The summed E-state index contributed by atoms with van der Waals surface area (Å²) < 4.78 is 43.0. The first kappa shape index (κ1) is 27.0. The summed E-state index contributed by atoms with van der Waals surface area (Å²) >= 11 is 0. The van der Waals surface area contributed by atoms with Gasteiger partial charge >= 0.3 is 6.36 Å². The molecule has 0 saturated heterocycles. The Morgan fingerprint density at radius 3 is 2.19 bits per heavy atom. The highest BCUT2D eigenvalue weighted by Crippen LogP contribution is 2.45. The van der Waals surface area contributed by atoms with Gasteiger partial charge in [-0.3, -0.25) is 9.59 Å². The minimum absolute atomic E-state index is 0.0341. The summed E-state index contributed by atoms with van der Waals surface area (Å²) in [7, 11) is 0. The van der Waals surface area contributed by atoms with Crippen molar-refractivity contribution < 1.29 is 27.5 Å². The molecule has 190 valence electrons. The van der Waals surface area contributed by atoms with E-state index in [2.05, 4.69) is 23.8 Å². The van der Waals surface area contributed by atoms with E-state index in [0.717, 1.165) is 17.2 Å². The van der Waals surface area contributed by atoms with E-state index in [9.17, 15) is 22.8 Å². The van der Waals surface area contributed by atoms with Crippen molar-refractivity contribution in [3.05, 3.63) is 82.9 Å². The smallest absolute Gasteiger partial charge is 0.405 e. The second-order valence-corrected chi connectivity index (χ2v) is 9.46. The quantitative estimate of drug-likeness (QED) is 0.353. The van der Waals surface area contributed by atoms with Gasteiger partial charge in [0.05, 0.1) is 0 Å². The first-order valence-corrected chi connectivity index (χ1v) is 11.7. The van der Waals surface area contributed by atoms with Crippen molar-refractivity contribution in [2.24, 2.45) is 0 Å². The molecule has 7 heteroatoms. The van der Waals surface area contributed by atoms with Gasteiger partial charge in [0.15, 0.2) is 0 Å². The molecule has 1 amide bonds. The maximum atomic E-state index is 12.9. The number of ether oxygens (including phenoxy) is 1. The molecule has 4 nitrogen and oxygen atoms in total. The Balaban J connectivity index is 0.000000444. The number of halogens is 3. The van der Waals surface area contributed by atoms with Crippen molar-refractivity contribution in [1.82, 2.24) is 0 Å². The standard InChI is InChI=1S/C22H22F3NO3.C7H8/c1-5-26-18-10-15(13(2)8-17(18)21(3,4)11-20(26)28)16-9-14(12-27)6-7-19(16)29-22(23,24)25;1-7-5-3-2-4-6-7/h6-10,12H,5,11H2,1-4H3;2-6H,1H3. The van der Waals surface area contributed by atoms with Crippen LogP contribution in [0.15, 0.2) is 60.7 Å². The first-order valence-electron chi connectivity index (χ1n) is 11.7. The molecule has 1 heterocycles. The number of alkyl halides is 3. The molecule has 0 spiro atoms. The fraction of sp³-hybridized carbons (Fsp3) is 0.310. The van der Waals surface area contributed by atoms with Crippen LogP contribution in [0.2, 0.25) is 0 Å². The lowest BCUT2D eigenvalue weighted by molar-refractivity contribution is -0.274. The zero-order valence-electron chi connectivity index (χ0n) is 21.1. The van der Waals surface area contributed by atoms with Crippen LogP contribution in [-0.2, 0) is 10.2 Å². The van der Waals surface area contributed by atoms with E-state index < -0.39 is 17.5 Å². The van der Waals surface area contributed by atoms with Crippen LogP contribution in [0.1, 0.15) is 54.2 Å². The number of hydrogen-bond donors (Lipinski definition) is 0. The second-order valence-electron chi connectivity index (χ2n) is 9.46. The zero-order valence-corrected chi connectivity index (χ0v) is 21.1. The third kappa shape index (κ3) is 6.14. The third-order valence-corrected chi connectivity index (χ3v) is 6.17. The predicted octanol–water partition coefficient (Wildman–Crippen LogP) is 7.40. The molecule has 0 aromatic heterocycles. The van der Waals surface area contributed by atoms with Crippen LogP contribution in [0, 0.1) is 13.8 Å². The van der Waals surface area contributed by atoms with E-state index in [1.807, 2.05) is 45.0 Å². The number of amides is 1. The molecule has 4 rings (SSSR count). The second kappa shape index (κ2) is 10.6. The number of aryl methyl sites for hydroxylation is 2. The predicted molar refractivity (Wildman–Crippen MR) is 136 cm³/mol. The largest absolute Gasteiger partial charge is 0.573 e. The van der Waals surface area contributed by atoms with Gasteiger partial charge in [-0.05, 0) is 61.7 Å². The first-order chi connectivity index (χ1) is 16.9. The van der Waals surface area contributed by atoms with Gasteiger partial charge in [0.25, 0.3) is 0 Å². The third-order valence-electron chi connectivity index (χ3n) is 6.17. The Morgan fingerprint density at radius 1 is 1.00 bits per heavy atom. The molecule has 1 aliphatic heterocycles. The normalized spacial score (nSPS) is 14.4. The van der Waals surface area contributed by atoms with E-state index >= 15 is 0 Å². The van der Waals surface area contributed by atoms with E-state index in [1.54, 1.807) is 17.9 Å². The van der Waals surface area contributed by atoms with Crippen molar-refractivity contribution in [1.29, 1.82) is 0 Å². The number of rotatable bonds is 4. The van der Waals surface area contributed by atoms with Crippen molar-refractivity contribution in [2.45, 2.75) is 52.8 Å². The maximum absolute atomic E-state index is 12.9. The van der Waals surface area contributed by atoms with E-state index in [0.29, 0.717) is 30.5 Å². The van der Waals surface area contributed by atoms with Crippen LogP contribution in [0.3, 0.4) is 0 Å². The molecule has 0 N–H and O–H groups in total. The summed E-state index contributed by atoms with van der Waals surface area (Å²) in [5.41, 5.74) is 4.16. The van der Waals surface area contributed by atoms with E-state index in [4.69, 9.17) is 0 Å². The van der Waals surface area contributed by atoms with Gasteiger partial charge < -0.3 is 9.64 Å². The number of carbonyl (C=O) groups excluding carboxylic acids is 2. The monoisotopic (exact) mass is 497 g/mol. The molecule has 0 fully saturated rings. The molecular formula is C29H30F3NO3. The SMILES string of the molecule is CCN1C(=O)CC(C)(C)c2cc(C)c(-c3cc(C=O)ccc3OC(F)(F)F)cc21.Cc1ccccc1. The minimum atomic E-state index is -4.87. The molecule has 3 aromatic rings. The number of nitrogens with zero attached hydrogens (tertiary/aromatic N) is 1. The molecule has 36 heavy (non-hydrogen) atoms. The van der Waals surface area contributed by atoms with E-state index in [1.165, 1.54) is 17.7 Å². The molecule has 0 aliphatic carbocycles. The fourth-order valence-electron chi connectivity index (χ4n) is 4.38. The Morgan fingerprint density at radius 2 is 1.67 bits per heavy atom. The zero-order chi connectivity index (χ0) is 26.7. The van der Waals surface area contributed by atoms with Crippen LogP contribution in [-0.4, -0.2) is 25.1 Å². The molecule has 0 atom stereocenters. The highest BCUT2D eigenvalue weighted by molar-refractivity contribution is 5.99. The number of fused-ring (bicyclic) bond motifs is 1. The Bertz CT molecular complexity index is 1250. The number of benzene rings is 3. The summed E-state index contributed by atoms with van der Waals surface area (Å²) in [6.45, 7) is 10.1. The van der Waals surface area contributed by atoms with Gasteiger partial charge in [0, 0.05) is 35.2 Å². The molecule has 0 radical (unpaired) electrons. The lowest BCUT2D eigenvalue weighted by atomic mass is 9.75. The molecule has 0 bridgehead atoms. The Hall–Kier alpha value is -3.61. The molecule has 3 aromatic carbocycles. The lowest BCUT2D eigenvalue weighted by Gasteiger charge is -2.39. The summed E-state index contributed by atoms with van der Waals surface area (Å²) in [6, 6.07) is 17.7. The summed E-state index contributed by atoms with van der Waals surface area (Å²) in [4.78, 5) is 25.4. The van der Waals surface area contributed by atoms with Crippen molar-refractivity contribution in [3.63, 3.8) is 0 Å². The van der Waals surface area contributed by atoms with Crippen molar-refractivity contribution >= 4 is 17.9 Å². The van der Waals surface area contributed by atoms with Gasteiger partial charge in [-0.1, -0.05) is 55.8 Å². The summed E-state index contributed by atoms with van der Waals surface area (Å²) in [5, 5.41) is 0. The van der Waals surface area contributed by atoms with Crippen molar-refractivity contribution in [3.8, 4) is 16.9 Å². The van der Waals surface area contributed by atoms with Crippen LogP contribution in [0.5, 0.6) is 5.75 Å². The van der Waals surface area contributed by atoms with Crippen LogP contribution in [0.25, 0.3) is 11.1 Å². The molecule has 1 aliphatic rings. The lowest BCUT2D eigenvalue weighted by Crippen LogP contribution is -2.41. The van der Waals surface area contributed by atoms with Crippen LogP contribution < -0.4 is 9.64 Å². The van der Waals surface area contributed by atoms with Gasteiger partial charge in [-0.15, -0.1) is 13.2 Å². The highest BCUT2D eigenvalue weighted by atomic mass is 19.4. The number of anilines is 1. The average molecular weight is 498 g/mol. The topological polar surface area (TPSA) is 46.6 Å². The summed E-state index contributed by atoms with van der Waals surface area (Å²) in [5.74, 6) is -0.427. The van der Waals surface area contributed by atoms with Gasteiger partial charge in [-0.25, -0.2) is 0 Å². The molecule has 0 unspecified atom stereocenters. The van der Waals surface area contributed by atoms with Crippen molar-refractivity contribution in [2.75, 3.05) is 11.4 Å². The maximum Gasteiger partial charge on any atom is 0.573 e. The number of hydrogen-bond acceptors (Lipinski definition) is 3. The molecule has 0 saturated carbocycles. The van der Waals surface area contributed by atoms with Gasteiger partial charge in [0.1, 0.15) is 12.0 Å². The molecular weight excluding hydrogens is 467 g/mol. The number of carbonyl (C=O) groups is 2. The summed E-state index contributed by atoms with van der Waals surface area (Å²) in [6.07, 6.45) is -3.94. The fourth-order valence-corrected chi connectivity index (χ4v) is 4.38. The minimum Gasteiger partial charge on any atom is -0.405 e. The van der Waals surface area contributed by atoms with E-state index in [-0.39, 0.29) is 17.0 Å². The van der Waals surface area contributed by atoms with Crippen LogP contribution in [0.4, 0.5) is 18.9 Å². The van der Waals surface area contributed by atoms with Gasteiger partial charge in [-0.2, -0.15) is 0 Å². The Kier molecular flexibility index (Phi) is 7.92. The Labute approximate surface area is 209 Å². The highest BCUT2D eigenvalue weighted by Gasteiger charge is 2.37. The number of aldehydes is 1.